The molecule has 4 heteroatoms. The van der Waals surface area contributed by atoms with Gasteiger partial charge < -0.3 is 14.8 Å². The van der Waals surface area contributed by atoms with Crippen LogP contribution in [0.2, 0.25) is 0 Å². The van der Waals surface area contributed by atoms with E-state index in [1.54, 1.807) is 6.07 Å². The van der Waals surface area contributed by atoms with Crippen molar-refractivity contribution in [3.05, 3.63) is 24.0 Å². The topological polar surface area (TPSA) is 30.5 Å². The van der Waals surface area contributed by atoms with Crippen molar-refractivity contribution in [2.24, 2.45) is 0 Å². The highest BCUT2D eigenvalue weighted by atomic mass is 19.1. The van der Waals surface area contributed by atoms with Crippen LogP contribution in [0.3, 0.4) is 0 Å². The van der Waals surface area contributed by atoms with E-state index in [0.29, 0.717) is 0 Å². The van der Waals surface area contributed by atoms with Gasteiger partial charge in [-0.25, -0.2) is 4.39 Å². The lowest BCUT2D eigenvalue weighted by Gasteiger charge is -2.33. The Morgan fingerprint density at radius 3 is 2.81 bits per heavy atom. The molecule has 1 N–H and O–H groups in total. The van der Waals surface area contributed by atoms with Crippen molar-refractivity contribution in [2.75, 3.05) is 19.0 Å². The van der Waals surface area contributed by atoms with E-state index in [-0.39, 0.29) is 23.3 Å². The molecule has 1 saturated heterocycles. The number of hydrogen-bond donors (Lipinski definition) is 1. The zero-order valence-corrected chi connectivity index (χ0v) is 12.7. The van der Waals surface area contributed by atoms with Crippen LogP contribution in [0, 0.1) is 5.82 Å². The first-order valence-corrected chi connectivity index (χ1v) is 7.96. The van der Waals surface area contributed by atoms with Crippen molar-refractivity contribution in [1.82, 2.24) is 0 Å². The number of rotatable bonds is 4. The summed E-state index contributed by atoms with van der Waals surface area (Å²) in [5, 5.41) is 3.28. The van der Waals surface area contributed by atoms with Gasteiger partial charge in [-0.2, -0.15) is 0 Å². The summed E-state index contributed by atoms with van der Waals surface area (Å²) in [5.74, 6) is -0.0579. The maximum absolute atomic E-state index is 13.6. The van der Waals surface area contributed by atoms with Gasteiger partial charge in [0.1, 0.15) is 0 Å². The van der Waals surface area contributed by atoms with Gasteiger partial charge >= 0.3 is 0 Å². The number of halogens is 1. The minimum absolute atomic E-state index is 0.149. The second-order valence-corrected chi connectivity index (χ2v) is 6.25. The highest BCUT2D eigenvalue weighted by molar-refractivity contribution is 5.47. The predicted molar refractivity (Wildman–Crippen MR) is 81.4 cm³/mol. The Labute approximate surface area is 125 Å². The lowest BCUT2D eigenvalue weighted by molar-refractivity contribution is -0.0588. The summed E-state index contributed by atoms with van der Waals surface area (Å²) in [7, 11) is 1.47. The first-order chi connectivity index (χ1) is 10.2. The quantitative estimate of drug-likeness (QED) is 0.905. The third-order valence-electron chi connectivity index (χ3n) is 4.79. The molecule has 2 fully saturated rings. The molecule has 0 bridgehead atoms. The summed E-state index contributed by atoms with van der Waals surface area (Å²) in [4.78, 5) is 0. The molecule has 1 aliphatic carbocycles. The van der Waals surface area contributed by atoms with Gasteiger partial charge in [0.05, 0.1) is 18.8 Å². The van der Waals surface area contributed by atoms with Crippen molar-refractivity contribution in [2.45, 2.75) is 56.7 Å². The molecule has 1 unspecified atom stereocenters. The lowest BCUT2D eigenvalue weighted by Crippen LogP contribution is -2.33. The molecule has 0 radical (unpaired) electrons. The highest BCUT2D eigenvalue weighted by Crippen LogP contribution is 2.41. The van der Waals surface area contributed by atoms with Gasteiger partial charge in [-0.1, -0.05) is 19.3 Å². The first-order valence-electron chi connectivity index (χ1n) is 7.96. The maximum atomic E-state index is 13.6. The summed E-state index contributed by atoms with van der Waals surface area (Å²) in [5.41, 5.74) is 0.928. The summed E-state index contributed by atoms with van der Waals surface area (Å²) >= 11 is 0. The molecule has 0 aromatic heterocycles. The Hall–Kier alpha value is -1.29. The smallest absolute Gasteiger partial charge is 0.167 e. The Balaban J connectivity index is 1.53. The van der Waals surface area contributed by atoms with Crippen LogP contribution in [-0.2, 0) is 4.74 Å². The van der Waals surface area contributed by atoms with E-state index in [1.165, 1.54) is 51.7 Å². The van der Waals surface area contributed by atoms with Gasteiger partial charge in [0.15, 0.2) is 11.6 Å². The van der Waals surface area contributed by atoms with Crippen LogP contribution in [0.1, 0.15) is 44.9 Å². The van der Waals surface area contributed by atoms with E-state index in [9.17, 15) is 4.39 Å². The van der Waals surface area contributed by atoms with Gasteiger partial charge in [-0.15, -0.1) is 0 Å². The maximum Gasteiger partial charge on any atom is 0.167 e. The van der Waals surface area contributed by atoms with E-state index in [4.69, 9.17) is 9.47 Å². The number of methoxy groups -OCH3 is 1. The largest absolute Gasteiger partial charge is 0.494 e. The van der Waals surface area contributed by atoms with Crippen molar-refractivity contribution in [3.8, 4) is 5.75 Å². The fourth-order valence-electron chi connectivity index (χ4n) is 3.61. The minimum Gasteiger partial charge on any atom is -0.494 e. The van der Waals surface area contributed by atoms with Crippen LogP contribution < -0.4 is 10.1 Å². The number of ether oxygens (including phenoxy) is 2. The molecule has 1 atom stereocenters. The first kappa shape index (κ1) is 14.6. The van der Waals surface area contributed by atoms with Crippen molar-refractivity contribution in [1.29, 1.82) is 0 Å². The standard InChI is InChI=1S/C17H24FNO2/c1-20-16-6-5-13(11-15(16)18)19-12-14-7-10-17(21-14)8-3-2-4-9-17/h5-6,11,14,19H,2-4,7-10,12H2,1H3. The zero-order chi connectivity index (χ0) is 14.7. The Morgan fingerprint density at radius 2 is 2.10 bits per heavy atom. The van der Waals surface area contributed by atoms with Crippen LogP contribution in [0.5, 0.6) is 5.75 Å². The summed E-state index contributed by atoms with van der Waals surface area (Å²) in [6.07, 6.45) is 8.88. The second-order valence-electron chi connectivity index (χ2n) is 6.25. The summed E-state index contributed by atoms with van der Waals surface area (Å²) in [6.45, 7) is 0.744. The molecule has 116 valence electrons. The molecule has 1 saturated carbocycles. The molecular formula is C17H24FNO2. The monoisotopic (exact) mass is 293 g/mol. The molecule has 1 heterocycles. The van der Waals surface area contributed by atoms with Crippen LogP contribution >= 0.6 is 0 Å². The van der Waals surface area contributed by atoms with Gasteiger partial charge in [0, 0.05) is 18.3 Å². The van der Waals surface area contributed by atoms with Crippen LogP contribution in [0.15, 0.2) is 18.2 Å². The van der Waals surface area contributed by atoms with E-state index in [2.05, 4.69) is 5.32 Å². The molecule has 21 heavy (non-hydrogen) atoms. The fourth-order valence-corrected chi connectivity index (χ4v) is 3.61. The van der Waals surface area contributed by atoms with Crippen LogP contribution in [0.4, 0.5) is 10.1 Å². The third kappa shape index (κ3) is 3.31. The summed E-state index contributed by atoms with van der Waals surface area (Å²) < 4.78 is 24.9. The lowest BCUT2D eigenvalue weighted by atomic mass is 9.83. The van der Waals surface area contributed by atoms with Crippen molar-refractivity contribution >= 4 is 5.69 Å². The molecule has 1 aromatic rings. The van der Waals surface area contributed by atoms with E-state index in [0.717, 1.165) is 18.7 Å². The number of hydrogen-bond acceptors (Lipinski definition) is 3. The van der Waals surface area contributed by atoms with Crippen LogP contribution in [0.25, 0.3) is 0 Å². The minimum atomic E-state index is -0.335. The van der Waals surface area contributed by atoms with Gasteiger partial charge in [0.2, 0.25) is 0 Å². The van der Waals surface area contributed by atoms with Gasteiger partial charge in [-0.3, -0.25) is 0 Å². The molecule has 1 spiro atoms. The van der Waals surface area contributed by atoms with Crippen molar-refractivity contribution < 1.29 is 13.9 Å². The van der Waals surface area contributed by atoms with Crippen LogP contribution in [-0.4, -0.2) is 25.4 Å². The predicted octanol–water partition coefficient (Wildman–Crippen LogP) is 4.13. The Morgan fingerprint density at radius 1 is 1.29 bits per heavy atom. The molecule has 3 rings (SSSR count). The number of nitrogens with one attached hydrogen (secondary N) is 1. The molecule has 1 aliphatic heterocycles. The van der Waals surface area contributed by atoms with Gasteiger partial charge in [0.25, 0.3) is 0 Å². The summed E-state index contributed by atoms with van der Waals surface area (Å²) in [6, 6.07) is 4.97. The average Bonchev–Trinajstić information content (AvgIpc) is 2.89. The van der Waals surface area contributed by atoms with E-state index in [1.807, 2.05) is 6.07 Å². The zero-order valence-electron chi connectivity index (χ0n) is 12.7. The van der Waals surface area contributed by atoms with Crippen molar-refractivity contribution in [3.63, 3.8) is 0 Å². The molecule has 1 aromatic carbocycles. The molecule has 0 amide bonds. The van der Waals surface area contributed by atoms with E-state index < -0.39 is 0 Å². The second kappa shape index (κ2) is 6.22. The molecule has 2 aliphatic rings. The van der Waals surface area contributed by atoms with E-state index >= 15 is 0 Å². The average molecular weight is 293 g/mol. The Kier molecular flexibility index (Phi) is 4.34. The molecular weight excluding hydrogens is 269 g/mol. The highest BCUT2D eigenvalue weighted by Gasteiger charge is 2.40. The third-order valence-corrected chi connectivity index (χ3v) is 4.79. The normalized spacial score (nSPS) is 24.2. The fraction of sp³-hybridized carbons (Fsp3) is 0.647. The SMILES string of the molecule is COc1ccc(NCC2CCC3(CCCCC3)O2)cc1F. The molecule has 3 nitrogen and oxygen atoms in total. The number of benzene rings is 1. The Bertz CT molecular complexity index is 486. The van der Waals surface area contributed by atoms with Gasteiger partial charge in [-0.05, 0) is 37.8 Å². The number of anilines is 1.